The van der Waals surface area contributed by atoms with Gasteiger partial charge in [-0.15, -0.1) is 11.6 Å². The second-order valence-corrected chi connectivity index (χ2v) is 5.37. The summed E-state index contributed by atoms with van der Waals surface area (Å²) in [5, 5.41) is 0.207. The molecule has 94 valence electrons. The van der Waals surface area contributed by atoms with Gasteiger partial charge in [0.15, 0.2) is 0 Å². The monoisotopic (exact) mass is 275 g/mol. The molecule has 2 rings (SSSR count). The van der Waals surface area contributed by atoms with Gasteiger partial charge >= 0.3 is 0 Å². The summed E-state index contributed by atoms with van der Waals surface area (Å²) in [7, 11) is 0. The molecule has 0 saturated carbocycles. The molecule has 17 heavy (non-hydrogen) atoms. The van der Waals surface area contributed by atoms with Gasteiger partial charge in [-0.25, -0.2) is 4.39 Å². The Morgan fingerprint density at radius 1 is 1.41 bits per heavy atom. The molecule has 0 amide bonds. The lowest BCUT2D eigenvalue weighted by atomic mass is 10.1. The first-order valence-corrected chi connectivity index (χ1v) is 6.83. The molecule has 1 fully saturated rings. The molecule has 1 aromatic rings. The summed E-state index contributed by atoms with van der Waals surface area (Å²) in [6, 6.07) is 5.18. The normalized spacial score (nSPS) is 21.0. The van der Waals surface area contributed by atoms with Gasteiger partial charge in [-0.2, -0.15) is 0 Å². The minimum Gasteiger partial charge on any atom is -0.299 e. The summed E-state index contributed by atoms with van der Waals surface area (Å²) in [6.45, 7) is 2.68. The summed E-state index contributed by atoms with van der Waals surface area (Å²) in [6.07, 6.45) is 2.21. The van der Waals surface area contributed by atoms with Gasteiger partial charge in [-0.1, -0.05) is 23.7 Å². The van der Waals surface area contributed by atoms with Crippen LogP contribution in [0.3, 0.4) is 0 Å². The van der Waals surface area contributed by atoms with Crippen molar-refractivity contribution in [2.24, 2.45) is 5.92 Å². The van der Waals surface area contributed by atoms with Crippen LogP contribution in [0.15, 0.2) is 18.2 Å². The first-order valence-electron chi connectivity index (χ1n) is 5.92. The molecule has 0 aliphatic carbocycles. The highest BCUT2D eigenvalue weighted by Gasteiger charge is 2.22. The van der Waals surface area contributed by atoms with Gasteiger partial charge in [0, 0.05) is 24.5 Å². The van der Waals surface area contributed by atoms with E-state index < -0.39 is 0 Å². The molecular weight excluding hydrogens is 260 g/mol. The van der Waals surface area contributed by atoms with E-state index in [4.69, 9.17) is 23.2 Å². The highest BCUT2D eigenvalue weighted by Crippen LogP contribution is 2.24. The number of alkyl halides is 1. The molecule has 1 unspecified atom stereocenters. The molecule has 0 N–H and O–H groups in total. The minimum absolute atomic E-state index is 0.207. The third kappa shape index (κ3) is 3.34. The van der Waals surface area contributed by atoms with E-state index in [0.717, 1.165) is 25.9 Å². The van der Waals surface area contributed by atoms with Crippen LogP contribution in [0.4, 0.5) is 4.39 Å². The smallest absolute Gasteiger partial charge is 0.146 e. The van der Waals surface area contributed by atoms with E-state index in [0.29, 0.717) is 23.9 Å². The molecule has 0 radical (unpaired) electrons. The van der Waals surface area contributed by atoms with Crippen molar-refractivity contribution in [2.45, 2.75) is 19.4 Å². The van der Waals surface area contributed by atoms with Crippen LogP contribution in [-0.2, 0) is 6.54 Å². The van der Waals surface area contributed by atoms with E-state index in [-0.39, 0.29) is 10.8 Å². The number of likely N-dealkylation sites (tertiary alicyclic amines) is 1. The molecule has 4 heteroatoms. The summed E-state index contributed by atoms with van der Waals surface area (Å²) < 4.78 is 13.7. The summed E-state index contributed by atoms with van der Waals surface area (Å²) in [4.78, 5) is 2.27. The zero-order valence-corrected chi connectivity index (χ0v) is 11.1. The van der Waals surface area contributed by atoms with Crippen LogP contribution in [0.2, 0.25) is 5.02 Å². The van der Waals surface area contributed by atoms with E-state index in [1.165, 1.54) is 0 Å². The number of rotatable bonds is 4. The Kier molecular flexibility index (Phi) is 4.66. The Labute approximate surface area is 112 Å². The summed E-state index contributed by atoms with van der Waals surface area (Å²) in [5.41, 5.74) is 0.684. The number of hydrogen-bond donors (Lipinski definition) is 0. The number of nitrogens with zero attached hydrogens (tertiary/aromatic N) is 1. The molecule has 1 aromatic carbocycles. The van der Waals surface area contributed by atoms with Crippen molar-refractivity contribution in [3.63, 3.8) is 0 Å². The molecule has 1 nitrogen and oxygen atoms in total. The van der Waals surface area contributed by atoms with Crippen LogP contribution < -0.4 is 0 Å². The minimum atomic E-state index is -0.282. The molecule has 0 spiro atoms. The van der Waals surface area contributed by atoms with E-state index >= 15 is 0 Å². The lowest BCUT2D eigenvalue weighted by Crippen LogP contribution is -2.21. The van der Waals surface area contributed by atoms with Crippen LogP contribution in [0.1, 0.15) is 18.4 Å². The maximum absolute atomic E-state index is 13.7. The van der Waals surface area contributed by atoms with E-state index in [9.17, 15) is 4.39 Å². The molecule has 0 aromatic heterocycles. The maximum Gasteiger partial charge on any atom is 0.146 e. The zero-order valence-electron chi connectivity index (χ0n) is 9.63. The molecule has 1 aliphatic rings. The van der Waals surface area contributed by atoms with E-state index in [1.807, 2.05) is 0 Å². The summed E-state index contributed by atoms with van der Waals surface area (Å²) >= 11 is 11.5. The van der Waals surface area contributed by atoms with Crippen LogP contribution >= 0.6 is 23.2 Å². The fraction of sp³-hybridized carbons (Fsp3) is 0.538. The zero-order chi connectivity index (χ0) is 12.3. The quantitative estimate of drug-likeness (QED) is 0.753. The second kappa shape index (κ2) is 6.03. The SMILES string of the molecule is Fc1c(Cl)cccc1CN1CCC(CCCl)C1. The fourth-order valence-electron chi connectivity index (χ4n) is 2.36. The highest BCUT2D eigenvalue weighted by molar-refractivity contribution is 6.30. The predicted octanol–water partition coefficient (Wildman–Crippen LogP) is 3.93. The fourth-order valence-corrected chi connectivity index (χ4v) is 2.86. The number of hydrogen-bond acceptors (Lipinski definition) is 1. The number of halogens is 3. The predicted molar refractivity (Wildman–Crippen MR) is 70.1 cm³/mol. The van der Waals surface area contributed by atoms with Gasteiger partial charge in [0.1, 0.15) is 5.82 Å². The first-order chi connectivity index (χ1) is 8.20. The average Bonchev–Trinajstić information content (AvgIpc) is 2.73. The summed E-state index contributed by atoms with van der Waals surface area (Å²) in [5.74, 6) is 1.09. The van der Waals surface area contributed by atoms with Crippen molar-refractivity contribution >= 4 is 23.2 Å². The van der Waals surface area contributed by atoms with Crippen LogP contribution in [-0.4, -0.2) is 23.9 Å². The van der Waals surface area contributed by atoms with Gasteiger partial charge in [0.25, 0.3) is 0 Å². The van der Waals surface area contributed by atoms with E-state index in [2.05, 4.69) is 4.90 Å². The van der Waals surface area contributed by atoms with Crippen LogP contribution in [0.5, 0.6) is 0 Å². The van der Waals surface area contributed by atoms with Crippen LogP contribution in [0.25, 0.3) is 0 Å². The van der Waals surface area contributed by atoms with Crippen LogP contribution in [0, 0.1) is 11.7 Å². The van der Waals surface area contributed by atoms with Crippen molar-refractivity contribution < 1.29 is 4.39 Å². The van der Waals surface area contributed by atoms with E-state index in [1.54, 1.807) is 18.2 Å². The average molecular weight is 276 g/mol. The van der Waals surface area contributed by atoms with Crippen molar-refractivity contribution in [2.75, 3.05) is 19.0 Å². The standard InChI is InChI=1S/C13H16Cl2FN/c14-6-4-10-5-7-17(8-10)9-11-2-1-3-12(15)13(11)16/h1-3,10H,4-9H2. The first kappa shape index (κ1) is 13.1. The topological polar surface area (TPSA) is 3.24 Å². The second-order valence-electron chi connectivity index (χ2n) is 4.58. The Bertz CT molecular complexity index is 384. The Morgan fingerprint density at radius 3 is 3.00 bits per heavy atom. The molecule has 1 heterocycles. The maximum atomic E-state index is 13.7. The van der Waals surface area contributed by atoms with Gasteiger partial charge < -0.3 is 0 Å². The van der Waals surface area contributed by atoms with Gasteiger partial charge in [-0.3, -0.25) is 4.90 Å². The third-order valence-electron chi connectivity index (χ3n) is 3.31. The molecule has 1 atom stereocenters. The molecule has 1 saturated heterocycles. The van der Waals surface area contributed by atoms with Crippen molar-refractivity contribution in [3.05, 3.63) is 34.6 Å². The van der Waals surface area contributed by atoms with Crippen molar-refractivity contribution in [1.29, 1.82) is 0 Å². The molecular formula is C13H16Cl2FN. The van der Waals surface area contributed by atoms with Crippen molar-refractivity contribution in [1.82, 2.24) is 4.90 Å². The Balaban J connectivity index is 1.96. The number of benzene rings is 1. The third-order valence-corrected chi connectivity index (χ3v) is 3.82. The lowest BCUT2D eigenvalue weighted by Gasteiger charge is -2.16. The van der Waals surface area contributed by atoms with Gasteiger partial charge in [-0.05, 0) is 31.4 Å². The Hall–Kier alpha value is -0.310. The largest absolute Gasteiger partial charge is 0.299 e. The van der Waals surface area contributed by atoms with Crippen molar-refractivity contribution in [3.8, 4) is 0 Å². The Morgan fingerprint density at radius 2 is 2.24 bits per heavy atom. The lowest BCUT2D eigenvalue weighted by molar-refractivity contribution is 0.310. The van der Waals surface area contributed by atoms with Gasteiger partial charge in [0.2, 0.25) is 0 Å². The highest BCUT2D eigenvalue weighted by atomic mass is 35.5. The molecule has 1 aliphatic heterocycles. The van der Waals surface area contributed by atoms with Gasteiger partial charge in [0.05, 0.1) is 5.02 Å². The molecule has 0 bridgehead atoms.